The molecule has 0 saturated heterocycles. The Morgan fingerprint density at radius 3 is 2.23 bits per heavy atom. The fraction of sp³-hybridized carbons (Fsp3) is 0. The van der Waals surface area contributed by atoms with Crippen LogP contribution >= 0.6 is 11.6 Å². The minimum absolute atomic E-state index is 0. The molecule has 0 N–H and O–H groups in total. The zero-order valence-electron chi connectivity index (χ0n) is 6.57. The van der Waals surface area contributed by atoms with Crippen LogP contribution in [0.15, 0.2) is 12.3 Å². The van der Waals surface area contributed by atoms with E-state index in [1.165, 1.54) is 0 Å². The van der Waals surface area contributed by atoms with Gasteiger partial charge in [-0.1, -0.05) is 23.1 Å². The van der Waals surface area contributed by atoms with E-state index in [1.54, 1.807) is 0 Å². The van der Waals surface area contributed by atoms with Crippen LogP contribution in [-0.4, -0.2) is 12.0 Å². The van der Waals surface area contributed by atoms with E-state index in [1.807, 2.05) is 0 Å². The van der Waals surface area contributed by atoms with Gasteiger partial charge in [-0.25, -0.2) is 4.98 Å². The molecule has 0 fully saturated rings. The standard InChI is InChI=1S/C5H2BClF4N.K/c7-3-1-4(6(9,10)11)5(8)12-2-3;/h1-2H;/q-1;+1. The first kappa shape index (κ1) is 13.9. The van der Waals surface area contributed by atoms with Crippen LogP contribution in [0, 0.1) is 5.95 Å². The molecule has 0 bridgehead atoms. The number of aromatic nitrogens is 1. The van der Waals surface area contributed by atoms with E-state index in [4.69, 9.17) is 11.6 Å². The number of hydrogen-bond donors (Lipinski definition) is 0. The Morgan fingerprint density at radius 2 is 1.85 bits per heavy atom. The summed E-state index contributed by atoms with van der Waals surface area (Å²) < 4.78 is 48.2. The monoisotopic (exact) mass is 237 g/mol. The first-order valence-corrected chi connectivity index (χ1v) is 3.30. The molecule has 0 spiro atoms. The van der Waals surface area contributed by atoms with Crippen LogP contribution in [0.2, 0.25) is 5.02 Å². The summed E-state index contributed by atoms with van der Waals surface area (Å²) in [7, 11) is 0. The van der Waals surface area contributed by atoms with E-state index in [2.05, 4.69) is 4.98 Å². The second-order valence-electron chi connectivity index (χ2n) is 2.11. The van der Waals surface area contributed by atoms with Crippen molar-refractivity contribution in [1.29, 1.82) is 0 Å². The third kappa shape index (κ3) is 3.85. The van der Waals surface area contributed by atoms with Crippen molar-refractivity contribution >= 4 is 24.0 Å². The molecule has 1 rings (SSSR count). The summed E-state index contributed by atoms with van der Waals surface area (Å²) in [6.45, 7) is -5.37. The molecule has 0 aliphatic rings. The summed E-state index contributed by atoms with van der Waals surface area (Å²) in [6, 6.07) is 0.518. The van der Waals surface area contributed by atoms with Gasteiger partial charge in [0.1, 0.15) is 0 Å². The molecule has 0 aromatic carbocycles. The predicted octanol–water partition coefficient (Wildman–Crippen LogP) is -1.07. The summed E-state index contributed by atoms with van der Waals surface area (Å²) in [6.07, 6.45) is 0.822. The average molecular weight is 237 g/mol. The van der Waals surface area contributed by atoms with Gasteiger partial charge in [0.15, 0.2) is 5.95 Å². The molecule has 0 unspecified atom stereocenters. The van der Waals surface area contributed by atoms with Crippen LogP contribution in [-0.2, 0) is 0 Å². The molecule has 1 aromatic rings. The maximum atomic E-state index is 12.4. The number of halogens is 5. The minimum atomic E-state index is -5.37. The van der Waals surface area contributed by atoms with Crippen molar-refractivity contribution in [2.75, 3.05) is 0 Å². The largest absolute Gasteiger partial charge is 1.00 e. The van der Waals surface area contributed by atoms with E-state index in [0.717, 1.165) is 6.20 Å². The third-order valence-electron chi connectivity index (χ3n) is 1.19. The minimum Gasteiger partial charge on any atom is -0.445 e. The molecule has 0 aliphatic carbocycles. The predicted molar refractivity (Wildman–Crippen MR) is 37.9 cm³/mol. The Morgan fingerprint density at radius 1 is 1.31 bits per heavy atom. The fourth-order valence-electron chi connectivity index (χ4n) is 0.668. The molecule has 0 atom stereocenters. The fourth-order valence-corrected chi connectivity index (χ4v) is 0.834. The van der Waals surface area contributed by atoms with Crippen molar-refractivity contribution < 1.29 is 68.7 Å². The molecule has 0 saturated carbocycles. The van der Waals surface area contributed by atoms with Gasteiger partial charge in [0.2, 0.25) is 0 Å². The molecule has 0 aliphatic heterocycles. The van der Waals surface area contributed by atoms with E-state index < -0.39 is 18.4 Å². The molecule has 1 aromatic heterocycles. The van der Waals surface area contributed by atoms with Gasteiger partial charge >= 0.3 is 58.4 Å². The van der Waals surface area contributed by atoms with Gasteiger partial charge in [-0.2, -0.15) is 4.39 Å². The Balaban J connectivity index is 0.00000144. The summed E-state index contributed by atoms with van der Waals surface area (Å²) in [4.78, 5) is 2.84. The average Bonchev–Trinajstić information content (AvgIpc) is 1.92. The molecular formula is C5H2BClF4KN. The van der Waals surface area contributed by atoms with Gasteiger partial charge in [-0.3, -0.25) is 0 Å². The topological polar surface area (TPSA) is 12.9 Å². The summed E-state index contributed by atoms with van der Waals surface area (Å²) >= 11 is 5.20. The third-order valence-corrected chi connectivity index (χ3v) is 1.39. The molecule has 8 heteroatoms. The van der Waals surface area contributed by atoms with Gasteiger partial charge in [0, 0.05) is 6.20 Å². The molecule has 66 valence electrons. The first-order chi connectivity index (χ1) is 5.41. The van der Waals surface area contributed by atoms with Crippen molar-refractivity contribution in [1.82, 2.24) is 4.98 Å². The first-order valence-electron chi connectivity index (χ1n) is 2.92. The Kier molecular flexibility index (Phi) is 5.42. The Hall–Kier alpha value is 0.861. The van der Waals surface area contributed by atoms with Crippen molar-refractivity contribution in [3.63, 3.8) is 0 Å². The van der Waals surface area contributed by atoms with Gasteiger partial charge in [-0.15, -0.1) is 0 Å². The van der Waals surface area contributed by atoms with Crippen LogP contribution in [0.1, 0.15) is 0 Å². The molecule has 0 radical (unpaired) electrons. The zero-order valence-corrected chi connectivity index (χ0v) is 10.4. The van der Waals surface area contributed by atoms with Gasteiger partial charge in [0.25, 0.3) is 0 Å². The van der Waals surface area contributed by atoms with Crippen molar-refractivity contribution in [3.05, 3.63) is 23.2 Å². The van der Waals surface area contributed by atoms with Crippen LogP contribution in [0.25, 0.3) is 0 Å². The summed E-state index contributed by atoms with van der Waals surface area (Å²) in [5, 5.41) is -0.231. The van der Waals surface area contributed by atoms with Crippen LogP contribution in [0.4, 0.5) is 17.3 Å². The SMILES string of the molecule is Fc1ncc(Cl)cc1[B-](F)(F)F.[K+]. The Labute approximate surface area is 119 Å². The zero-order chi connectivity index (χ0) is 9.35. The van der Waals surface area contributed by atoms with Gasteiger partial charge < -0.3 is 12.9 Å². The van der Waals surface area contributed by atoms with Crippen molar-refractivity contribution in [3.8, 4) is 0 Å². The maximum absolute atomic E-state index is 12.4. The van der Waals surface area contributed by atoms with E-state index in [9.17, 15) is 17.3 Å². The number of pyridine rings is 1. The molecule has 0 amide bonds. The van der Waals surface area contributed by atoms with Crippen LogP contribution < -0.4 is 56.8 Å². The van der Waals surface area contributed by atoms with E-state index in [-0.39, 0.29) is 56.4 Å². The van der Waals surface area contributed by atoms with Crippen molar-refractivity contribution in [2.45, 2.75) is 0 Å². The van der Waals surface area contributed by atoms with E-state index >= 15 is 0 Å². The molecule has 1 nitrogen and oxygen atoms in total. The Bertz CT molecular complexity index is 305. The van der Waals surface area contributed by atoms with Crippen molar-refractivity contribution in [2.24, 2.45) is 0 Å². The second kappa shape index (κ2) is 5.09. The van der Waals surface area contributed by atoms with Crippen LogP contribution in [0.3, 0.4) is 0 Å². The van der Waals surface area contributed by atoms with Crippen LogP contribution in [0.5, 0.6) is 0 Å². The second-order valence-corrected chi connectivity index (χ2v) is 2.54. The maximum Gasteiger partial charge on any atom is 1.00 e. The molecular weight excluding hydrogens is 235 g/mol. The van der Waals surface area contributed by atoms with E-state index in [0.29, 0.717) is 6.07 Å². The smallest absolute Gasteiger partial charge is 0.445 e. The molecule has 1 heterocycles. The summed E-state index contributed by atoms with van der Waals surface area (Å²) in [5.74, 6) is -1.54. The summed E-state index contributed by atoms with van der Waals surface area (Å²) in [5.41, 5.74) is -1.39. The molecule has 13 heavy (non-hydrogen) atoms. The quantitative estimate of drug-likeness (QED) is 0.344. The normalized spacial score (nSPS) is 10.8. The number of hydrogen-bond acceptors (Lipinski definition) is 1. The van der Waals surface area contributed by atoms with Gasteiger partial charge in [-0.05, 0) is 0 Å². The number of rotatable bonds is 1. The number of nitrogens with zero attached hydrogens (tertiary/aromatic N) is 1. The van der Waals surface area contributed by atoms with Gasteiger partial charge in [0.05, 0.1) is 5.02 Å².